The number of nitrogens with zero attached hydrogens (tertiary/aromatic N) is 1. The number of nitrogens with one attached hydrogen (secondary N) is 2. The summed E-state index contributed by atoms with van der Waals surface area (Å²) in [6, 6.07) is 8.58. The molecule has 1 amide bonds. The van der Waals surface area contributed by atoms with E-state index in [1.54, 1.807) is 0 Å². The van der Waals surface area contributed by atoms with Gasteiger partial charge in [-0.1, -0.05) is 24.3 Å². The van der Waals surface area contributed by atoms with Gasteiger partial charge in [-0.05, 0) is 11.1 Å². The Morgan fingerprint density at radius 1 is 1.15 bits per heavy atom. The Bertz CT molecular complexity index is 536. The van der Waals surface area contributed by atoms with Crippen LogP contribution in [0.5, 0.6) is 0 Å². The number of morpholine rings is 2. The first-order valence-electron chi connectivity index (χ1n) is 8.75. The van der Waals surface area contributed by atoms with Crippen molar-refractivity contribution in [2.75, 3.05) is 46.1 Å². The van der Waals surface area contributed by atoms with Crippen molar-refractivity contribution in [1.82, 2.24) is 15.5 Å². The molecule has 1 unspecified atom stereocenters. The van der Waals surface area contributed by atoms with Gasteiger partial charge in [-0.15, -0.1) is 24.8 Å². The van der Waals surface area contributed by atoms with Crippen LogP contribution in [0.25, 0.3) is 0 Å². The minimum atomic E-state index is 0. The molecule has 26 heavy (non-hydrogen) atoms. The van der Waals surface area contributed by atoms with Crippen LogP contribution < -0.4 is 10.6 Å². The molecule has 1 aromatic carbocycles. The second kappa shape index (κ2) is 12.5. The van der Waals surface area contributed by atoms with Crippen LogP contribution >= 0.6 is 24.8 Å². The molecule has 148 valence electrons. The summed E-state index contributed by atoms with van der Waals surface area (Å²) in [5.74, 6) is 0.0663. The Morgan fingerprint density at radius 3 is 2.65 bits per heavy atom. The molecule has 3 rings (SSSR count). The Labute approximate surface area is 167 Å². The third kappa shape index (κ3) is 7.78. The summed E-state index contributed by atoms with van der Waals surface area (Å²) in [7, 11) is 0. The second-order valence-corrected chi connectivity index (χ2v) is 6.42. The van der Waals surface area contributed by atoms with E-state index in [2.05, 4.69) is 39.8 Å². The number of benzene rings is 1. The van der Waals surface area contributed by atoms with Gasteiger partial charge in [-0.25, -0.2) is 0 Å². The van der Waals surface area contributed by atoms with Gasteiger partial charge in [-0.2, -0.15) is 0 Å². The lowest BCUT2D eigenvalue weighted by Crippen LogP contribution is -2.44. The van der Waals surface area contributed by atoms with E-state index in [-0.39, 0.29) is 36.8 Å². The van der Waals surface area contributed by atoms with Gasteiger partial charge in [0.2, 0.25) is 5.91 Å². The van der Waals surface area contributed by atoms with Crippen molar-refractivity contribution >= 4 is 30.7 Å². The summed E-state index contributed by atoms with van der Waals surface area (Å²) in [6.07, 6.45) is 0.466. The first-order valence-corrected chi connectivity index (χ1v) is 8.75. The maximum Gasteiger partial charge on any atom is 0.221 e. The van der Waals surface area contributed by atoms with Gasteiger partial charge >= 0.3 is 0 Å². The zero-order valence-electron chi connectivity index (χ0n) is 14.9. The third-order valence-electron chi connectivity index (χ3n) is 4.42. The zero-order valence-corrected chi connectivity index (χ0v) is 16.6. The van der Waals surface area contributed by atoms with Gasteiger partial charge in [0, 0.05) is 45.2 Å². The summed E-state index contributed by atoms with van der Waals surface area (Å²) in [5, 5.41) is 6.31. The van der Waals surface area contributed by atoms with Gasteiger partial charge in [0.15, 0.2) is 0 Å². The van der Waals surface area contributed by atoms with Crippen LogP contribution in [0.2, 0.25) is 0 Å². The van der Waals surface area contributed by atoms with Crippen molar-refractivity contribution in [2.45, 2.75) is 25.6 Å². The molecule has 0 aliphatic carbocycles. The van der Waals surface area contributed by atoms with E-state index in [0.29, 0.717) is 19.6 Å². The van der Waals surface area contributed by atoms with Crippen molar-refractivity contribution in [1.29, 1.82) is 0 Å². The smallest absolute Gasteiger partial charge is 0.221 e. The van der Waals surface area contributed by atoms with E-state index in [1.807, 2.05) is 0 Å². The molecule has 2 aliphatic rings. The van der Waals surface area contributed by atoms with E-state index in [0.717, 1.165) is 51.6 Å². The van der Waals surface area contributed by atoms with Crippen molar-refractivity contribution < 1.29 is 14.3 Å². The number of rotatable bonds is 6. The molecule has 2 saturated heterocycles. The highest BCUT2D eigenvalue weighted by molar-refractivity contribution is 5.85. The lowest BCUT2D eigenvalue weighted by molar-refractivity contribution is -0.122. The fraction of sp³-hybridized carbons (Fsp3) is 0.611. The van der Waals surface area contributed by atoms with Crippen LogP contribution in [0.4, 0.5) is 0 Å². The predicted molar refractivity (Wildman–Crippen MR) is 106 cm³/mol. The number of halogens is 2. The molecule has 0 aromatic heterocycles. The molecule has 2 aliphatic heterocycles. The Balaban J connectivity index is 0.00000169. The minimum Gasteiger partial charge on any atom is -0.379 e. The summed E-state index contributed by atoms with van der Waals surface area (Å²) >= 11 is 0. The van der Waals surface area contributed by atoms with Crippen LogP contribution in [-0.2, 0) is 27.4 Å². The maximum absolute atomic E-state index is 12.1. The van der Waals surface area contributed by atoms with E-state index < -0.39 is 0 Å². The lowest BCUT2D eigenvalue weighted by atomic mass is 10.1. The standard InChI is InChI=1S/C18H27N3O3.2ClH/c22-18(11-17-14-24-7-4-19-17)20-12-15-2-1-3-16(10-15)13-21-5-8-23-9-6-21;;/h1-3,10,17,19H,4-9,11-14H2,(H,20,22);2*1H. The van der Waals surface area contributed by atoms with Crippen LogP contribution in [0.3, 0.4) is 0 Å². The molecule has 8 heteroatoms. The fourth-order valence-electron chi connectivity index (χ4n) is 3.10. The number of hydrogen-bond acceptors (Lipinski definition) is 5. The quantitative estimate of drug-likeness (QED) is 0.747. The van der Waals surface area contributed by atoms with E-state index in [4.69, 9.17) is 9.47 Å². The molecule has 1 atom stereocenters. The number of ether oxygens (including phenoxy) is 2. The van der Waals surface area contributed by atoms with Gasteiger partial charge in [0.1, 0.15) is 0 Å². The molecule has 2 fully saturated rings. The monoisotopic (exact) mass is 405 g/mol. The van der Waals surface area contributed by atoms with Gasteiger partial charge < -0.3 is 20.1 Å². The number of hydrogen-bond donors (Lipinski definition) is 2. The van der Waals surface area contributed by atoms with Gasteiger partial charge in [0.25, 0.3) is 0 Å². The molecule has 2 N–H and O–H groups in total. The van der Waals surface area contributed by atoms with Crippen LogP contribution in [0.15, 0.2) is 24.3 Å². The Kier molecular flexibility index (Phi) is 11.1. The summed E-state index contributed by atoms with van der Waals surface area (Å²) in [5.41, 5.74) is 2.42. The SMILES string of the molecule is Cl.Cl.O=C(CC1COCCN1)NCc1cccc(CN2CCOCC2)c1. The number of carbonyl (C=O) groups excluding carboxylic acids is 1. The third-order valence-corrected chi connectivity index (χ3v) is 4.42. The minimum absolute atomic E-state index is 0. The van der Waals surface area contributed by atoms with Crippen molar-refractivity contribution in [2.24, 2.45) is 0 Å². The molecule has 0 spiro atoms. The lowest BCUT2D eigenvalue weighted by Gasteiger charge is -2.26. The van der Waals surface area contributed by atoms with Gasteiger partial charge in [0.05, 0.1) is 26.4 Å². The first-order chi connectivity index (χ1) is 11.8. The molecule has 2 heterocycles. The molecule has 0 radical (unpaired) electrons. The Morgan fingerprint density at radius 2 is 1.92 bits per heavy atom. The van der Waals surface area contributed by atoms with E-state index in [1.165, 1.54) is 5.56 Å². The second-order valence-electron chi connectivity index (χ2n) is 6.42. The largest absolute Gasteiger partial charge is 0.379 e. The summed E-state index contributed by atoms with van der Waals surface area (Å²) in [4.78, 5) is 14.5. The van der Waals surface area contributed by atoms with Crippen molar-refractivity contribution in [3.05, 3.63) is 35.4 Å². The van der Waals surface area contributed by atoms with Gasteiger partial charge in [-0.3, -0.25) is 9.69 Å². The fourth-order valence-corrected chi connectivity index (χ4v) is 3.10. The average Bonchev–Trinajstić information content (AvgIpc) is 2.62. The normalized spacial score (nSPS) is 20.5. The molecular weight excluding hydrogens is 377 g/mol. The Hall–Kier alpha value is -0.890. The summed E-state index contributed by atoms with van der Waals surface area (Å²) in [6.45, 7) is 7.27. The maximum atomic E-state index is 12.1. The highest BCUT2D eigenvalue weighted by atomic mass is 35.5. The topological polar surface area (TPSA) is 62.8 Å². The highest BCUT2D eigenvalue weighted by Gasteiger charge is 2.16. The molecule has 0 bridgehead atoms. The van der Waals surface area contributed by atoms with Crippen LogP contribution in [0.1, 0.15) is 17.5 Å². The van der Waals surface area contributed by atoms with Crippen molar-refractivity contribution in [3.8, 4) is 0 Å². The number of carbonyl (C=O) groups is 1. The first kappa shape index (κ1) is 23.1. The molecule has 0 saturated carbocycles. The van der Waals surface area contributed by atoms with Crippen LogP contribution in [0, 0.1) is 0 Å². The molecular formula is C18H29Cl2N3O3. The van der Waals surface area contributed by atoms with Crippen LogP contribution in [-0.4, -0.2) is 62.9 Å². The predicted octanol–water partition coefficient (Wildman–Crippen LogP) is 1.36. The molecule has 1 aromatic rings. The summed E-state index contributed by atoms with van der Waals surface area (Å²) < 4.78 is 10.8. The highest BCUT2D eigenvalue weighted by Crippen LogP contribution is 2.10. The van der Waals surface area contributed by atoms with E-state index >= 15 is 0 Å². The number of amides is 1. The zero-order chi connectivity index (χ0) is 16.6. The molecule has 6 nitrogen and oxygen atoms in total. The van der Waals surface area contributed by atoms with Crippen molar-refractivity contribution in [3.63, 3.8) is 0 Å². The average molecular weight is 406 g/mol. The van der Waals surface area contributed by atoms with E-state index in [9.17, 15) is 4.79 Å².